The highest BCUT2D eigenvalue weighted by molar-refractivity contribution is 5.80. The second kappa shape index (κ2) is 5.70. The lowest BCUT2D eigenvalue weighted by atomic mass is 10.0. The zero-order valence-electron chi connectivity index (χ0n) is 13.5. The predicted octanol–water partition coefficient (Wildman–Crippen LogP) is 4.88. The van der Waals surface area contributed by atoms with E-state index in [0.29, 0.717) is 12.0 Å². The van der Waals surface area contributed by atoms with Gasteiger partial charge in [-0.05, 0) is 50.3 Å². The molecule has 0 bridgehead atoms. The molecule has 1 aliphatic rings. The van der Waals surface area contributed by atoms with Crippen LogP contribution in [0.15, 0.2) is 18.2 Å². The largest absolute Gasteiger partial charge is 0.399 e. The Morgan fingerprint density at radius 1 is 1.24 bits per heavy atom. The molecule has 0 aliphatic heterocycles. The van der Waals surface area contributed by atoms with Gasteiger partial charge in [0.2, 0.25) is 0 Å². The maximum Gasteiger partial charge on any atom is 0.113 e. The van der Waals surface area contributed by atoms with Gasteiger partial charge in [0.15, 0.2) is 0 Å². The van der Waals surface area contributed by atoms with E-state index in [1.165, 1.54) is 43.4 Å². The Balaban J connectivity index is 1.89. The Morgan fingerprint density at radius 2 is 2.00 bits per heavy atom. The molecular weight excluding hydrogens is 258 g/mol. The number of aromatic nitrogens is 2. The van der Waals surface area contributed by atoms with Gasteiger partial charge in [0.25, 0.3) is 0 Å². The van der Waals surface area contributed by atoms with Crippen LogP contribution in [0.5, 0.6) is 0 Å². The Hall–Kier alpha value is -1.51. The van der Waals surface area contributed by atoms with Crippen molar-refractivity contribution in [3.63, 3.8) is 0 Å². The van der Waals surface area contributed by atoms with Crippen LogP contribution in [0.25, 0.3) is 11.0 Å². The van der Waals surface area contributed by atoms with E-state index in [1.807, 2.05) is 12.1 Å². The fourth-order valence-electron chi connectivity index (χ4n) is 3.18. The molecule has 3 heteroatoms. The minimum absolute atomic E-state index is 0.521. The smallest absolute Gasteiger partial charge is 0.113 e. The average Bonchev–Trinajstić information content (AvgIpc) is 3.19. The molecule has 1 unspecified atom stereocenters. The molecule has 2 aromatic rings. The zero-order chi connectivity index (χ0) is 15.0. The number of nitrogens with two attached hydrogens (primary N) is 1. The molecule has 1 saturated carbocycles. The summed E-state index contributed by atoms with van der Waals surface area (Å²) in [5.74, 6) is 2.75. The fourth-order valence-corrected chi connectivity index (χ4v) is 3.18. The van der Waals surface area contributed by atoms with Crippen LogP contribution in [-0.4, -0.2) is 9.55 Å². The fraction of sp³-hybridized carbons (Fsp3) is 0.611. The quantitative estimate of drug-likeness (QED) is 0.768. The third kappa shape index (κ3) is 3.07. The van der Waals surface area contributed by atoms with Crippen molar-refractivity contribution in [3.05, 3.63) is 24.0 Å². The van der Waals surface area contributed by atoms with Gasteiger partial charge in [-0.1, -0.05) is 26.7 Å². The third-order valence-electron chi connectivity index (χ3n) is 4.53. The standard InChI is InChI=1S/C18H27N3/c1-12(2)5-4-6-13(3)21-17-10-9-15(19)11-16(17)20-18(21)14-7-8-14/h9-14H,4-8,19H2,1-3H3. The van der Waals surface area contributed by atoms with E-state index >= 15 is 0 Å². The van der Waals surface area contributed by atoms with Crippen LogP contribution >= 0.6 is 0 Å². The number of benzene rings is 1. The third-order valence-corrected chi connectivity index (χ3v) is 4.53. The number of fused-ring (bicyclic) bond motifs is 1. The van der Waals surface area contributed by atoms with Gasteiger partial charge in [0, 0.05) is 17.6 Å². The van der Waals surface area contributed by atoms with Gasteiger partial charge >= 0.3 is 0 Å². The maximum atomic E-state index is 5.92. The van der Waals surface area contributed by atoms with Crippen molar-refractivity contribution in [3.8, 4) is 0 Å². The van der Waals surface area contributed by atoms with Crippen LogP contribution in [-0.2, 0) is 0 Å². The molecule has 1 heterocycles. The van der Waals surface area contributed by atoms with Gasteiger partial charge in [-0.15, -0.1) is 0 Å². The van der Waals surface area contributed by atoms with Crippen molar-refractivity contribution in [1.29, 1.82) is 0 Å². The molecule has 114 valence electrons. The van der Waals surface area contributed by atoms with Crippen molar-refractivity contribution in [2.75, 3.05) is 5.73 Å². The molecule has 1 fully saturated rings. The number of hydrogen-bond acceptors (Lipinski definition) is 2. The number of nitrogens with zero attached hydrogens (tertiary/aromatic N) is 2. The second-order valence-corrected chi connectivity index (χ2v) is 7.04. The predicted molar refractivity (Wildman–Crippen MR) is 89.5 cm³/mol. The summed E-state index contributed by atoms with van der Waals surface area (Å²) in [5, 5.41) is 0. The number of nitrogen functional groups attached to an aromatic ring is 1. The van der Waals surface area contributed by atoms with E-state index in [0.717, 1.165) is 17.1 Å². The lowest BCUT2D eigenvalue weighted by molar-refractivity contribution is 0.444. The van der Waals surface area contributed by atoms with Crippen LogP contribution in [0.3, 0.4) is 0 Å². The van der Waals surface area contributed by atoms with Crippen molar-refractivity contribution in [2.24, 2.45) is 5.92 Å². The molecule has 1 aliphatic carbocycles. The van der Waals surface area contributed by atoms with E-state index < -0.39 is 0 Å². The number of rotatable bonds is 6. The number of hydrogen-bond donors (Lipinski definition) is 1. The topological polar surface area (TPSA) is 43.8 Å². The normalized spacial score (nSPS) is 16.8. The average molecular weight is 285 g/mol. The van der Waals surface area contributed by atoms with Crippen LogP contribution in [0, 0.1) is 5.92 Å². The summed E-state index contributed by atoms with van der Waals surface area (Å²) >= 11 is 0. The van der Waals surface area contributed by atoms with Crippen molar-refractivity contribution in [2.45, 2.75) is 64.8 Å². The van der Waals surface area contributed by atoms with Gasteiger partial charge in [-0.25, -0.2) is 4.98 Å². The Morgan fingerprint density at radius 3 is 2.67 bits per heavy atom. The van der Waals surface area contributed by atoms with Gasteiger partial charge in [-0.3, -0.25) is 0 Å². The molecule has 1 atom stereocenters. The molecule has 0 saturated heterocycles. The molecule has 0 radical (unpaired) electrons. The summed E-state index contributed by atoms with van der Waals surface area (Å²) in [6, 6.07) is 6.67. The van der Waals surface area contributed by atoms with Crippen molar-refractivity contribution < 1.29 is 0 Å². The lowest BCUT2D eigenvalue weighted by Crippen LogP contribution is -2.09. The van der Waals surface area contributed by atoms with Crippen molar-refractivity contribution in [1.82, 2.24) is 9.55 Å². The van der Waals surface area contributed by atoms with Crippen LogP contribution in [0.1, 0.15) is 70.7 Å². The van der Waals surface area contributed by atoms with E-state index in [2.05, 4.69) is 31.4 Å². The first-order valence-corrected chi connectivity index (χ1v) is 8.33. The molecule has 2 N–H and O–H groups in total. The van der Waals surface area contributed by atoms with Gasteiger partial charge < -0.3 is 10.3 Å². The summed E-state index contributed by atoms with van der Waals surface area (Å²) in [7, 11) is 0. The highest BCUT2D eigenvalue weighted by Gasteiger charge is 2.30. The molecule has 1 aromatic heterocycles. The number of anilines is 1. The maximum absolute atomic E-state index is 5.92. The molecule has 3 nitrogen and oxygen atoms in total. The minimum atomic E-state index is 0.521. The van der Waals surface area contributed by atoms with Gasteiger partial charge in [-0.2, -0.15) is 0 Å². The van der Waals surface area contributed by atoms with Crippen LogP contribution < -0.4 is 5.73 Å². The van der Waals surface area contributed by atoms with Crippen LogP contribution in [0.4, 0.5) is 5.69 Å². The first kappa shape index (κ1) is 14.4. The number of imidazole rings is 1. The SMILES string of the molecule is CC(C)CCCC(C)n1c(C2CC2)nc2cc(N)ccc21. The molecular formula is C18H27N3. The summed E-state index contributed by atoms with van der Waals surface area (Å²) in [6.07, 6.45) is 6.41. The minimum Gasteiger partial charge on any atom is -0.399 e. The molecule has 0 spiro atoms. The second-order valence-electron chi connectivity index (χ2n) is 7.04. The van der Waals surface area contributed by atoms with E-state index in [1.54, 1.807) is 0 Å². The first-order valence-electron chi connectivity index (χ1n) is 8.33. The summed E-state index contributed by atoms with van der Waals surface area (Å²) in [5.41, 5.74) is 9.04. The summed E-state index contributed by atoms with van der Waals surface area (Å²) in [4.78, 5) is 4.88. The highest BCUT2D eigenvalue weighted by Crippen LogP contribution is 2.42. The van der Waals surface area contributed by atoms with E-state index in [9.17, 15) is 0 Å². The first-order chi connectivity index (χ1) is 10.1. The van der Waals surface area contributed by atoms with Crippen LogP contribution in [0.2, 0.25) is 0 Å². The summed E-state index contributed by atoms with van der Waals surface area (Å²) in [6.45, 7) is 6.94. The summed E-state index contributed by atoms with van der Waals surface area (Å²) < 4.78 is 2.48. The molecule has 0 amide bonds. The van der Waals surface area contributed by atoms with Gasteiger partial charge in [0.05, 0.1) is 11.0 Å². The zero-order valence-corrected chi connectivity index (χ0v) is 13.5. The van der Waals surface area contributed by atoms with Gasteiger partial charge in [0.1, 0.15) is 5.82 Å². The van der Waals surface area contributed by atoms with Crippen molar-refractivity contribution >= 4 is 16.7 Å². The van der Waals surface area contributed by atoms with E-state index in [4.69, 9.17) is 10.7 Å². The van der Waals surface area contributed by atoms with E-state index in [-0.39, 0.29) is 0 Å². The lowest BCUT2D eigenvalue weighted by Gasteiger charge is -2.18. The molecule has 21 heavy (non-hydrogen) atoms. The Labute approximate surface area is 127 Å². The molecule has 1 aromatic carbocycles. The Kier molecular flexibility index (Phi) is 3.92. The molecule has 3 rings (SSSR count). The Bertz CT molecular complexity index is 623. The monoisotopic (exact) mass is 285 g/mol. The highest BCUT2D eigenvalue weighted by atomic mass is 15.1.